The lowest BCUT2D eigenvalue weighted by Gasteiger charge is -2.19. The highest BCUT2D eigenvalue weighted by Gasteiger charge is 2.37. The molecule has 2 atom stereocenters. The highest BCUT2D eigenvalue weighted by atomic mass is 16.5. The van der Waals surface area contributed by atoms with Crippen molar-refractivity contribution in [2.45, 2.75) is 12.0 Å². The molecular weight excluding hydrogens is 609 g/mol. The molecule has 2 unspecified atom stereocenters. The van der Waals surface area contributed by atoms with Crippen LogP contribution >= 0.6 is 0 Å². The van der Waals surface area contributed by atoms with Crippen LogP contribution < -0.4 is 4.74 Å². The number of fused-ring (bicyclic) bond motifs is 10. The van der Waals surface area contributed by atoms with Gasteiger partial charge in [-0.1, -0.05) is 146 Å². The summed E-state index contributed by atoms with van der Waals surface area (Å²) in [6, 6.07) is 52.8. The van der Waals surface area contributed by atoms with E-state index in [9.17, 15) is 0 Å². The van der Waals surface area contributed by atoms with Crippen LogP contribution in [0.5, 0.6) is 5.75 Å². The lowest BCUT2D eigenvalue weighted by molar-refractivity contribution is 0.270. The van der Waals surface area contributed by atoms with Crippen LogP contribution in [0.3, 0.4) is 0 Å². The summed E-state index contributed by atoms with van der Waals surface area (Å²) >= 11 is 0. The number of hydrogen-bond donors (Lipinski definition) is 0. The van der Waals surface area contributed by atoms with E-state index in [1.807, 2.05) is 6.07 Å². The second kappa shape index (κ2) is 10.6. The van der Waals surface area contributed by atoms with E-state index in [4.69, 9.17) is 9.15 Å². The Hall–Kier alpha value is -6.38. The zero-order valence-corrected chi connectivity index (χ0v) is 27.1. The normalized spacial score (nSPS) is 16.4. The summed E-state index contributed by atoms with van der Waals surface area (Å²) in [4.78, 5) is 0. The first-order chi connectivity index (χ1) is 24.8. The second-order valence-corrected chi connectivity index (χ2v) is 13.5. The molecular formula is C48H30O2. The first-order valence-corrected chi connectivity index (χ1v) is 17.3. The van der Waals surface area contributed by atoms with E-state index in [-0.39, 0.29) is 12.0 Å². The molecule has 2 heterocycles. The van der Waals surface area contributed by atoms with Crippen molar-refractivity contribution in [2.24, 2.45) is 0 Å². The van der Waals surface area contributed by atoms with E-state index in [0.29, 0.717) is 0 Å². The third kappa shape index (κ3) is 3.90. The summed E-state index contributed by atoms with van der Waals surface area (Å²) in [6.07, 6.45) is 8.57. The van der Waals surface area contributed by atoms with Crippen LogP contribution in [0, 0.1) is 0 Å². The van der Waals surface area contributed by atoms with Crippen LogP contribution in [0.1, 0.15) is 11.5 Å². The Kier molecular flexibility index (Phi) is 5.82. The summed E-state index contributed by atoms with van der Waals surface area (Å²) in [7, 11) is 0. The van der Waals surface area contributed by atoms with Crippen molar-refractivity contribution in [3.05, 3.63) is 175 Å². The number of benzene rings is 8. The molecule has 0 saturated carbocycles. The van der Waals surface area contributed by atoms with Crippen molar-refractivity contribution >= 4 is 54.3 Å². The van der Waals surface area contributed by atoms with Gasteiger partial charge in [-0.3, -0.25) is 0 Å². The van der Waals surface area contributed by atoms with Crippen molar-refractivity contribution in [3.8, 4) is 39.1 Å². The van der Waals surface area contributed by atoms with Crippen molar-refractivity contribution in [1.29, 1.82) is 0 Å². The maximum absolute atomic E-state index is 6.79. The standard InChI is InChI=1S/C48H30O2/c1-2-17-32-29(13-1)14-12-24-34(32)45-37-21-5-3-19-35(37)44(36-20-4-6-22-38(36)45)31-16-11-15-30(27-31)40-28-41-33-18-7-9-25-42(33)49-48(41)46-39-23-8-10-26-43(39)50-47(40)46/h1-28,39,43H. The molecule has 0 amide bonds. The topological polar surface area (TPSA) is 22.4 Å². The fourth-order valence-corrected chi connectivity index (χ4v) is 8.62. The van der Waals surface area contributed by atoms with Gasteiger partial charge in [0, 0.05) is 21.9 Å². The fraction of sp³-hybridized carbons (Fsp3) is 0.0417. The van der Waals surface area contributed by atoms with Gasteiger partial charge in [0.1, 0.15) is 23.0 Å². The van der Waals surface area contributed by atoms with Crippen molar-refractivity contribution in [3.63, 3.8) is 0 Å². The zero-order chi connectivity index (χ0) is 32.8. The third-order valence-corrected chi connectivity index (χ3v) is 10.8. The Morgan fingerprint density at radius 2 is 1.06 bits per heavy atom. The Morgan fingerprint density at radius 1 is 0.440 bits per heavy atom. The van der Waals surface area contributed by atoms with Gasteiger partial charge in [-0.15, -0.1) is 0 Å². The Labute approximate surface area is 289 Å². The maximum atomic E-state index is 6.79. The molecule has 11 rings (SSSR count). The van der Waals surface area contributed by atoms with E-state index in [2.05, 4.69) is 164 Å². The van der Waals surface area contributed by atoms with Gasteiger partial charge < -0.3 is 9.15 Å². The van der Waals surface area contributed by atoms with Gasteiger partial charge in [0.2, 0.25) is 0 Å². The number of ether oxygens (including phenoxy) is 1. The van der Waals surface area contributed by atoms with Gasteiger partial charge in [-0.25, -0.2) is 0 Å². The minimum Gasteiger partial charge on any atom is -0.484 e. The van der Waals surface area contributed by atoms with E-state index in [0.717, 1.165) is 44.4 Å². The van der Waals surface area contributed by atoms with E-state index in [1.165, 1.54) is 54.6 Å². The minimum absolute atomic E-state index is 0.0507. The Morgan fingerprint density at radius 3 is 1.86 bits per heavy atom. The fourth-order valence-electron chi connectivity index (χ4n) is 8.62. The Balaban J connectivity index is 1.18. The van der Waals surface area contributed by atoms with Crippen LogP contribution in [0.2, 0.25) is 0 Å². The monoisotopic (exact) mass is 638 g/mol. The SMILES string of the molecule is C1=CC2Oc3c(-c4cccc(-c5c6ccccc6c(-c6cccc7ccccc67)c6ccccc56)c4)cc4c(oc5ccccc54)c3C2C=C1. The zero-order valence-electron chi connectivity index (χ0n) is 27.1. The third-order valence-electron chi connectivity index (χ3n) is 10.8. The molecule has 2 nitrogen and oxygen atoms in total. The molecule has 234 valence electrons. The smallest absolute Gasteiger partial charge is 0.143 e. The number of allylic oxidation sites excluding steroid dienone is 2. The number of hydrogen-bond acceptors (Lipinski definition) is 2. The van der Waals surface area contributed by atoms with Gasteiger partial charge in [0.15, 0.2) is 0 Å². The lowest BCUT2D eigenvalue weighted by Crippen LogP contribution is -2.15. The second-order valence-electron chi connectivity index (χ2n) is 13.5. The molecule has 9 aromatic rings. The molecule has 1 aromatic heterocycles. The number of rotatable bonds is 3. The van der Waals surface area contributed by atoms with Crippen LogP contribution in [-0.2, 0) is 0 Å². The molecule has 0 spiro atoms. The molecule has 0 fully saturated rings. The summed E-state index contributed by atoms with van der Waals surface area (Å²) in [5.41, 5.74) is 10.2. The summed E-state index contributed by atoms with van der Waals surface area (Å²) in [5, 5.41) is 9.75. The average Bonchev–Trinajstić information content (AvgIpc) is 3.75. The van der Waals surface area contributed by atoms with Gasteiger partial charge in [0.25, 0.3) is 0 Å². The largest absolute Gasteiger partial charge is 0.484 e. The highest BCUT2D eigenvalue weighted by Crippen LogP contribution is 2.53. The highest BCUT2D eigenvalue weighted by molar-refractivity contribution is 6.23. The van der Waals surface area contributed by atoms with Crippen LogP contribution in [0.15, 0.2) is 174 Å². The van der Waals surface area contributed by atoms with Crippen molar-refractivity contribution < 1.29 is 9.15 Å². The van der Waals surface area contributed by atoms with E-state index >= 15 is 0 Å². The molecule has 0 saturated heterocycles. The lowest BCUT2D eigenvalue weighted by atomic mass is 9.84. The average molecular weight is 639 g/mol. The molecule has 0 N–H and O–H groups in total. The molecule has 0 bridgehead atoms. The summed E-state index contributed by atoms with van der Waals surface area (Å²) in [5.74, 6) is 1.02. The molecule has 0 radical (unpaired) electrons. The summed E-state index contributed by atoms with van der Waals surface area (Å²) < 4.78 is 13.3. The van der Waals surface area contributed by atoms with E-state index < -0.39 is 0 Å². The molecule has 1 aliphatic carbocycles. The quantitative estimate of drug-likeness (QED) is 0.180. The minimum atomic E-state index is -0.0507. The van der Waals surface area contributed by atoms with Gasteiger partial charge in [-0.2, -0.15) is 0 Å². The first kappa shape index (κ1) is 27.6. The van der Waals surface area contributed by atoms with Gasteiger partial charge >= 0.3 is 0 Å². The predicted molar refractivity (Wildman–Crippen MR) is 208 cm³/mol. The Bertz CT molecular complexity index is 2860. The van der Waals surface area contributed by atoms with E-state index in [1.54, 1.807) is 0 Å². The van der Waals surface area contributed by atoms with Crippen LogP contribution in [-0.4, -0.2) is 6.10 Å². The van der Waals surface area contributed by atoms with Crippen molar-refractivity contribution in [1.82, 2.24) is 0 Å². The van der Waals surface area contributed by atoms with Crippen LogP contribution in [0.25, 0.3) is 87.6 Å². The predicted octanol–water partition coefficient (Wildman–Crippen LogP) is 13.0. The molecule has 50 heavy (non-hydrogen) atoms. The van der Waals surface area contributed by atoms with Crippen LogP contribution in [0.4, 0.5) is 0 Å². The summed E-state index contributed by atoms with van der Waals surface area (Å²) in [6.45, 7) is 0. The first-order valence-electron chi connectivity index (χ1n) is 17.3. The number of para-hydroxylation sites is 1. The molecule has 1 aliphatic heterocycles. The number of furan rings is 1. The van der Waals surface area contributed by atoms with Gasteiger partial charge in [-0.05, 0) is 84.4 Å². The maximum Gasteiger partial charge on any atom is 0.143 e. The van der Waals surface area contributed by atoms with Gasteiger partial charge in [0.05, 0.1) is 5.92 Å². The molecule has 2 heteroatoms. The molecule has 2 aliphatic rings. The molecule has 8 aromatic carbocycles. The van der Waals surface area contributed by atoms with Crippen molar-refractivity contribution in [2.75, 3.05) is 0 Å².